The number of alkyl halides is 4. The van der Waals surface area contributed by atoms with Crippen LogP contribution in [0.5, 0.6) is 0 Å². The summed E-state index contributed by atoms with van der Waals surface area (Å²) in [5.74, 6) is 0.225. The lowest BCUT2D eigenvalue weighted by Gasteiger charge is -2.15. The fourth-order valence-electron chi connectivity index (χ4n) is 0.960. The van der Waals surface area contributed by atoms with Gasteiger partial charge in [-0.1, -0.05) is 58.5 Å². The second-order valence-corrected chi connectivity index (χ2v) is 5.35. The summed E-state index contributed by atoms with van der Waals surface area (Å²) in [5.41, 5.74) is 1.19. The fraction of sp³-hybridized carbons (Fsp3) is 0.250. The molecule has 0 bridgehead atoms. The van der Waals surface area contributed by atoms with Gasteiger partial charge in [0.15, 0.2) is 0 Å². The van der Waals surface area contributed by atoms with Crippen LogP contribution in [-0.4, -0.2) is 0 Å². The molecule has 0 nitrogen and oxygen atoms in total. The predicted molar refractivity (Wildman–Crippen MR) is 60.2 cm³/mol. The molecule has 0 unspecified atom stereocenters. The quantitative estimate of drug-likeness (QED) is 0.641. The predicted octanol–water partition coefficient (Wildman–Crippen LogP) is 4.91. The highest BCUT2D eigenvalue weighted by atomic mass is 35.6. The maximum Gasteiger partial charge on any atom is 0.216 e. The Balaban J connectivity index is 3.29. The maximum atomic E-state index is 5.88. The van der Waals surface area contributed by atoms with Crippen LogP contribution in [0.15, 0.2) is 18.2 Å². The van der Waals surface area contributed by atoms with E-state index >= 15 is 0 Å². The van der Waals surface area contributed by atoms with Crippen LogP contribution in [0.2, 0.25) is 5.02 Å². The number of benzene rings is 1. The zero-order valence-electron chi connectivity index (χ0n) is 6.33. The Morgan fingerprint density at radius 2 is 1.77 bits per heavy atom. The second-order valence-electron chi connectivity index (χ2n) is 2.40. The third-order valence-electron chi connectivity index (χ3n) is 1.56. The molecule has 0 aliphatic heterocycles. The van der Waals surface area contributed by atoms with Crippen molar-refractivity contribution in [3.8, 4) is 0 Å². The molecule has 1 aromatic rings. The van der Waals surface area contributed by atoms with Crippen molar-refractivity contribution >= 4 is 58.0 Å². The lowest BCUT2D eigenvalue weighted by molar-refractivity contribution is 1.17. The minimum absolute atomic E-state index is 0.225. The smallest absolute Gasteiger partial charge is 0.121 e. The molecule has 0 saturated carbocycles. The largest absolute Gasteiger partial charge is 0.216 e. The normalized spacial score (nSPS) is 11.8. The van der Waals surface area contributed by atoms with Crippen molar-refractivity contribution < 1.29 is 0 Å². The lowest BCUT2D eigenvalue weighted by Crippen LogP contribution is -2.04. The fourth-order valence-corrected chi connectivity index (χ4v) is 2.09. The molecular formula is C8H5Cl5. The Labute approximate surface area is 102 Å². The third-order valence-corrected chi connectivity index (χ3v) is 2.79. The van der Waals surface area contributed by atoms with Crippen molar-refractivity contribution in [3.05, 3.63) is 34.3 Å². The first-order chi connectivity index (χ1) is 5.96. The van der Waals surface area contributed by atoms with E-state index in [1.807, 2.05) is 0 Å². The first kappa shape index (κ1) is 11.7. The Morgan fingerprint density at radius 3 is 2.15 bits per heavy atom. The van der Waals surface area contributed by atoms with Gasteiger partial charge in [-0.15, -0.1) is 11.6 Å². The van der Waals surface area contributed by atoms with E-state index in [4.69, 9.17) is 58.0 Å². The molecule has 0 aromatic heterocycles. The summed E-state index contributed by atoms with van der Waals surface area (Å²) >= 11 is 28.7. The topological polar surface area (TPSA) is 0 Å². The molecule has 0 fully saturated rings. The van der Waals surface area contributed by atoms with E-state index < -0.39 is 3.79 Å². The first-order valence-electron chi connectivity index (χ1n) is 3.37. The molecule has 0 aliphatic carbocycles. The van der Waals surface area contributed by atoms with Crippen LogP contribution in [-0.2, 0) is 9.67 Å². The Bertz CT molecular complexity index is 302. The van der Waals surface area contributed by atoms with Crippen molar-refractivity contribution in [3.63, 3.8) is 0 Å². The van der Waals surface area contributed by atoms with Crippen molar-refractivity contribution in [1.82, 2.24) is 0 Å². The summed E-state index contributed by atoms with van der Waals surface area (Å²) in [6.45, 7) is 0. The molecule has 0 atom stereocenters. The molecule has 0 radical (unpaired) electrons. The van der Waals surface area contributed by atoms with Gasteiger partial charge in [0.25, 0.3) is 0 Å². The van der Waals surface area contributed by atoms with Crippen LogP contribution in [0.4, 0.5) is 0 Å². The van der Waals surface area contributed by atoms with Crippen LogP contribution in [0.1, 0.15) is 11.1 Å². The molecule has 0 saturated heterocycles. The maximum absolute atomic E-state index is 5.88. The summed E-state index contributed by atoms with van der Waals surface area (Å²) in [4.78, 5) is 0. The van der Waals surface area contributed by atoms with Gasteiger partial charge in [0.05, 0.1) is 0 Å². The second kappa shape index (κ2) is 4.46. The first-order valence-corrected chi connectivity index (χ1v) is 5.42. The van der Waals surface area contributed by atoms with Gasteiger partial charge >= 0.3 is 0 Å². The highest BCUT2D eigenvalue weighted by Gasteiger charge is 2.26. The molecule has 0 heterocycles. The number of halogens is 5. The van der Waals surface area contributed by atoms with Crippen LogP contribution in [0.25, 0.3) is 0 Å². The van der Waals surface area contributed by atoms with E-state index in [2.05, 4.69) is 0 Å². The lowest BCUT2D eigenvalue weighted by atomic mass is 10.1. The van der Waals surface area contributed by atoms with E-state index in [1.165, 1.54) is 0 Å². The van der Waals surface area contributed by atoms with Gasteiger partial charge < -0.3 is 0 Å². The zero-order valence-corrected chi connectivity index (χ0v) is 10.1. The Hall–Kier alpha value is 0.670. The van der Waals surface area contributed by atoms with Crippen LogP contribution in [0, 0.1) is 0 Å². The van der Waals surface area contributed by atoms with Crippen molar-refractivity contribution in [2.45, 2.75) is 9.67 Å². The molecule has 5 heteroatoms. The number of rotatable bonds is 1. The van der Waals surface area contributed by atoms with E-state index in [0.717, 1.165) is 0 Å². The highest BCUT2D eigenvalue weighted by molar-refractivity contribution is 6.66. The monoisotopic (exact) mass is 276 g/mol. The van der Waals surface area contributed by atoms with Gasteiger partial charge in [-0.2, -0.15) is 0 Å². The molecule has 0 spiro atoms. The van der Waals surface area contributed by atoms with Gasteiger partial charge in [0, 0.05) is 16.5 Å². The summed E-state index contributed by atoms with van der Waals surface area (Å²) in [5, 5.41) is 0.513. The van der Waals surface area contributed by atoms with Gasteiger partial charge in [0.2, 0.25) is 3.79 Å². The van der Waals surface area contributed by atoms with Crippen molar-refractivity contribution in [2.75, 3.05) is 0 Å². The van der Waals surface area contributed by atoms with Crippen LogP contribution >= 0.6 is 58.0 Å². The van der Waals surface area contributed by atoms with Crippen LogP contribution < -0.4 is 0 Å². The van der Waals surface area contributed by atoms with E-state index in [9.17, 15) is 0 Å². The molecule has 0 N–H and O–H groups in total. The van der Waals surface area contributed by atoms with Gasteiger partial charge in [-0.05, 0) is 11.6 Å². The molecule has 1 rings (SSSR count). The molecule has 72 valence electrons. The highest BCUT2D eigenvalue weighted by Crippen LogP contribution is 2.42. The van der Waals surface area contributed by atoms with Crippen LogP contribution in [0.3, 0.4) is 0 Å². The molecule has 0 aliphatic rings. The van der Waals surface area contributed by atoms with Crippen molar-refractivity contribution in [2.24, 2.45) is 0 Å². The van der Waals surface area contributed by atoms with E-state index in [0.29, 0.717) is 16.1 Å². The Morgan fingerprint density at radius 1 is 1.15 bits per heavy atom. The summed E-state index contributed by atoms with van der Waals surface area (Å²) in [7, 11) is 0. The van der Waals surface area contributed by atoms with Crippen molar-refractivity contribution in [1.29, 1.82) is 0 Å². The molecule has 0 amide bonds. The standard InChI is InChI=1S/C8H5Cl5/c9-4-5-6(8(11,12)13)2-1-3-7(5)10/h1-3H,4H2. The summed E-state index contributed by atoms with van der Waals surface area (Å²) in [6.07, 6.45) is 0. The molecule has 1 aromatic carbocycles. The molecule has 13 heavy (non-hydrogen) atoms. The average Bonchev–Trinajstić information content (AvgIpc) is 2.02. The van der Waals surface area contributed by atoms with Gasteiger partial charge in [0.1, 0.15) is 0 Å². The number of hydrogen-bond acceptors (Lipinski definition) is 0. The SMILES string of the molecule is ClCc1c(Cl)cccc1C(Cl)(Cl)Cl. The van der Waals surface area contributed by atoms with E-state index in [-0.39, 0.29) is 5.88 Å². The van der Waals surface area contributed by atoms with E-state index in [1.54, 1.807) is 18.2 Å². The number of hydrogen-bond donors (Lipinski definition) is 0. The Kier molecular flexibility index (Phi) is 4.03. The minimum atomic E-state index is -1.48. The molecular weight excluding hydrogens is 273 g/mol. The third kappa shape index (κ3) is 2.81. The zero-order chi connectivity index (χ0) is 10.1. The van der Waals surface area contributed by atoms with Gasteiger partial charge in [-0.3, -0.25) is 0 Å². The summed E-state index contributed by atoms with van der Waals surface area (Å²) < 4.78 is -1.48. The minimum Gasteiger partial charge on any atom is -0.121 e. The summed E-state index contributed by atoms with van der Waals surface area (Å²) in [6, 6.07) is 5.12. The van der Waals surface area contributed by atoms with Gasteiger partial charge in [-0.25, -0.2) is 0 Å². The average molecular weight is 278 g/mol.